The predicted octanol–water partition coefficient (Wildman–Crippen LogP) is 3.54. The van der Waals surface area contributed by atoms with Crippen molar-refractivity contribution >= 4 is 6.08 Å². The van der Waals surface area contributed by atoms with Gasteiger partial charge in [0.1, 0.15) is 0 Å². The van der Waals surface area contributed by atoms with E-state index in [9.17, 15) is 0 Å². The minimum absolute atomic E-state index is 0.0997. The fourth-order valence-electron chi connectivity index (χ4n) is 1.37. The van der Waals surface area contributed by atoms with E-state index >= 15 is 0 Å². The highest BCUT2D eigenvalue weighted by Crippen LogP contribution is 2.11. The van der Waals surface area contributed by atoms with Crippen molar-refractivity contribution in [3.05, 3.63) is 54.6 Å². The second-order valence-electron chi connectivity index (χ2n) is 3.56. The van der Waals surface area contributed by atoms with Gasteiger partial charge in [0.25, 0.3) is 0 Å². The number of hydrogen-bond donors (Lipinski definition) is 0. The van der Waals surface area contributed by atoms with E-state index < -0.39 is 0 Å². The molecule has 1 aromatic carbocycles. The molecule has 80 valence electrons. The van der Waals surface area contributed by atoms with Gasteiger partial charge in [-0.2, -0.15) is 0 Å². The molecule has 0 aliphatic heterocycles. The van der Waals surface area contributed by atoms with Crippen molar-refractivity contribution < 1.29 is 4.74 Å². The van der Waals surface area contributed by atoms with Crippen LogP contribution in [0.25, 0.3) is 6.08 Å². The summed E-state index contributed by atoms with van der Waals surface area (Å²) in [4.78, 5) is 0. The Balaban J connectivity index is 2.66. The standard InChI is InChI=1S/C14H18O/c1-4-12(2)14(15-3)11-10-13-8-6-5-7-9-13/h4-12,14H,1H2,2-3H3/b11-10+/t12-,14-/m0/s1. The summed E-state index contributed by atoms with van der Waals surface area (Å²) in [5, 5.41) is 0. The molecule has 0 aliphatic rings. The van der Waals surface area contributed by atoms with E-state index in [4.69, 9.17) is 4.74 Å². The van der Waals surface area contributed by atoms with Gasteiger partial charge in [0.05, 0.1) is 6.10 Å². The molecular weight excluding hydrogens is 184 g/mol. The molecule has 1 aromatic rings. The Morgan fingerprint density at radius 3 is 2.47 bits per heavy atom. The Hall–Kier alpha value is -1.34. The topological polar surface area (TPSA) is 9.23 Å². The predicted molar refractivity (Wildman–Crippen MR) is 65.6 cm³/mol. The van der Waals surface area contributed by atoms with Crippen molar-refractivity contribution in [2.24, 2.45) is 5.92 Å². The Kier molecular flexibility index (Phi) is 4.85. The van der Waals surface area contributed by atoms with Crippen molar-refractivity contribution in [3.63, 3.8) is 0 Å². The van der Waals surface area contributed by atoms with E-state index in [0.29, 0.717) is 5.92 Å². The molecular formula is C14H18O. The minimum Gasteiger partial charge on any atom is -0.377 e. The summed E-state index contributed by atoms with van der Waals surface area (Å²) in [6.07, 6.45) is 6.15. The molecule has 0 aromatic heterocycles. The number of rotatable bonds is 5. The van der Waals surface area contributed by atoms with Crippen molar-refractivity contribution in [2.45, 2.75) is 13.0 Å². The lowest BCUT2D eigenvalue weighted by atomic mass is 10.0. The molecule has 0 fully saturated rings. The third kappa shape index (κ3) is 3.72. The zero-order valence-electron chi connectivity index (χ0n) is 9.39. The van der Waals surface area contributed by atoms with Gasteiger partial charge in [-0.1, -0.05) is 55.5 Å². The van der Waals surface area contributed by atoms with Crippen LogP contribution in [0.15, 0.2) is 49.1 Å². The SMILES string of the molecule is C=C[C@H](C)[C@H](/C=C/c1ccccc1)OC. The molecule has 0 saturated heterocycles. The van der Waals surface area contributed by atoms with Crippen LogP contribution in [0.5, 0.6) is 0 Å². The van der Waals surface area contributed by atoms with Gasteiger partial charge in [-0.3, -0.25) is 0 Å². The van der Waals surface area contributed by atoms with Crippen molar-refractivity contribution in [1.82, 2.24) is 0 Å². The fraction of sp³-hybridized carbons (Fsp3) is 0.286. The number of hydrogen-bond acceptors (Lipinski definition) is 1. The van der Waals surface area contributed by atoms with Crippen LogP contribution in [0.3, 0.4) is 0 Å². The van der Waals surface area contributed by atoms with Crippen LogP contribution in [-0.4, -0.2) is 13.2 Å². The number of ether oxygens (including phenoxy) is 1. The van der Waals surface area contributed by atoms with Gasteiger partial charge in [-0.05, 0) is 5.56 Å². The van der Waals surface area contributed by atoms with E-state index in [0.717, 1.165) is 0 Å². The molecule has 0 N–H and O–H groups in total. The van der Waals surface area contributed by atoms with Gasteiger partial charge in [0.15, 0.2) is 0 Å². The van der Waals surface area contributed by atoms with E-state index in [1.165, 1.54) is 5.56 Å². The number of methoxy groups -OCH3 is 1. The summed E-state index contributed by atoms with van der Waals surface area (Å²) in [5.41, 5.74) is 1.19. The van der Waals surface area contributed by atoms with Crippen LogP contribution in [0.1, 0.15) is 12.5 Å². The monoisotopic (exact) mass is 202 g/mol. The average molecular weight is 202 g/mol. The molecule has 1 rings (SSSR count). The van der Waals surface area contributed by atoms with Gasteiger partial charge < -0.3 is 4.74 Å². The first-order valence-electron chi connectivity index (χ1n) is 5.16. The summed E-state index contributed by atoms with van der Waals surface area (Å²) in [5.74, 6) is 0.329. The fourth-order valence-corrected chi connectivity index (χ4v) is 1.37. The largest absolute Gasteiger partial charge is 0.377 e. The third-order valence-corrected chi connectivity index (χ3v) is 2.44. The second kappa shape index (κ2) is 6.20. The van der Waals surface area contributed by atoms with Gasteiger partial charge >= 0.3 is 0 Å². The van der Waals surface area contributed by atoms with Crippen LogP contribution in [0.2, 0.25) is 0 Å². The lowest BCUT2D eigenvalue weighted by molar-refractivity contribution is 0.114. The normalized spacial score (nSPS) is 15.1. The molecule has 0 aliphatic carbocycles. The van der Waals surface area contributed by atoms with E-state index in [-0.39, 0.29) is 6.10 Å². The van der Waals surface area contributed by atoms with Gasteiger partial charge in [0, 0.05) is 13.0 Å². The summed E-state index contributed by atoms with van der Waals surface area (Å²) in [7, 11) is 1.72. The maximum atomic E-state index is 5.37. The average Bonchev–Trinajstić information content (AvgIpc) is 2.31. The summed E-state index contributed by atoms with van der Waals surface area (Å²) in [6, 6.07) is 10.2. The molecule has 0 radical (unpaired) electrons. The summed E-state index contributed by atoms with van der Waals surface area (Å²) < 4.78 is 5.37. The van der Waals surface area contributed by atoms with E-state index in [2.05, 4.69) is 37.8 Å². The second-order valence-corrected chi connectivity index (χ2v) is 3.56. The summed E-state index contributed by atoms with van der Waals surface area (Å²) >= 11 is 0. The first-order valence-corrected chi connectivity index (χ1v) is 5.16. The lowest BCUT2D eigenvalue weighted by Gasteiger charge is -2.15. The smallest absolute Gasteiger partial charge is 0.0815 e. The van der Waals surface area contributed by atoms with Gasteiger partial charge in [-0.15, -0.1) is 6.58 Å². The van der Waals surface area contributed by atoms with Crippen molar-refractivity contribution in [1.29, 1.82) is 0 Å². The van der Waals surface area contributed by atoms with Crippen LogP contribution in [0.4, 0.5) is 0 Å². The quantitative estimate of drug-likeness (QED) is 0.664. The maximum absolute atomic E-state index is 5.37. The highest BCUT2D eigenvalue weighted by molar-refractivity contribution is 5.49. The maximum Gasteiger partial charge on any atom is 0.0815 e. The zero-order valence-corrected chi connectivity index (χ0v) is 9.39. The van der Waals surface area contributed by atoms with E-state index in [1.54, 1.807) is 7.11 Å². The first kappa shape index (κ1) is 11.7. The van der Waals surface area contributed by atoms with Crippen molar-refractivity contribution in [3.8, 4) is 0 Å². The minimum atomic E-state index is 0.0997. The van der Waals surface area contributed by atoms with Crippen LogP contribution < -0.4 is 0 Å². The Bertz CT molecular complexity index is 313. The molecule has 1 heteroatoms. The molecule has 2 atom stereocenters. The molecule has 1 nitrogen and oxygen atoms in total. The van der Waals surface area contributed by atoms with Gasteiger partial charge in [-0.25, -0.2) is 0 Å². The van der Waals surface area contributed by atoms with Crippen LogP contribution in [0, 0.1) is 5.92 Å². The number of benzene rings is 1. The molecule has 0 heterocycles. The lowest BCUT2D eigenvalue weighted by Crippen LogP contribution is -2.15. The Morgan fingerprint density at radius 1 is 1.27 bits per heavy atom. The zero-order chi connectivity index (χ0) is 11.1. The Labute approximate surface area is 92.1 Å². The van der Waals surface area contributed by atoms with Gasteiger partial charge in [0.2, 0.25) is 0 Å². The third-order valence-electron chi connectivity index (χ3n) is 2.44. The van der Waals surface area contributed by atoms with Crippen LogP contribution in [-0.2, 0) is 4.74 Å². The highest BCUT2D eigenvalue weighted by Gasteiger charge is 2.08. The first-order chi connectivity index (χ1) is 7.27. The molecule has 0 unspecified atom stereocenters. The van der Waals surface area contributed by atoms with E-state index in [1.807, 2.05) is 24.3 Å². The summed E-state index contributed by atoms with van der Waals surface area (Å²) in [6.45, 7) is 5.86. The Morgan fingerprint density at radius 2 is 1.93 bits per heavy atom. The molecule has 0 saturated carbocycles. The molecule has 0 spiro atoms. The van der Waals surface area contributed by atoms with Crippen molar-refractivity contribution in [2.75, 3.05) is 7.11 Å². The molecule has 0 bridgehead atoms. The molecule has 0 amide bonds. The molecule has 15 heavy (non-hydrogen) atoms. The van der Waals surface area contributed by atoms with Crippen LogP contribution >= 0.6 is 0 Å². The highest BCUT2D eigenvalue weighted by atomic mass is 16.5.